The van der Waals surface area contributed by atoms with Crippen molar-refractivity contribution in [2.24, 2.45) is 5.73 Å². The summed E-state index contributed by atoms with van der Waals surface area (Å²) >= 11 is 0. The predicted molar refractivity (Wildman–Crippen MR) is 59.8 cm³/mol. The van der Waals surface area contributed by atoms with E-state index >= 15 is 0 Å². The zero-order valence-electron chi connectivity index (χ0n) is 9.72. The molecule has 0 aromatic heterocycles. The Morgan fingerprint density at radius 3 is 2.56 bits per heavy atom. The molecule has 0 bridgehead atoms. The highest BCUT2D eigenvalue weighted by atomic mass is 19.4. The summed E-state index contributed by atoms with van der Waals surface area (Å²) in [6.45, 7) is 0.959. The monoisotopic (exact) mass is 261 g/mol. The van der Waals surface area contributed by atoms with E-state index in [1.54, 1.807) is 0 Å². The van der Waals surface area contributed by atoms with Crippen LogP contribution in [0.3, 0.4) is 0 Å². The van der Waals surface area contributed by atoms with E-state index in [0.717, 1.165) is 6.07 Å². The third-order valence-electron chi connectivity index (χ3n) is 2.75. The summed E-state index contributed by atoms with van der Waals surface area (Å²) in [4.78, 5) is 0. The van der Waals surface area contributed by atoms with Gasteiger partial charge in [0.05, 0.1) is 5.56 Å². The highest BCUT2D eigenvalue weighted by molar-refractivity contribution is 5.52. The summed E-state index contributed by atoms with van der Waals surface area (Å²) in [5, 5.41) is 0. The number of nitrogens with two attached hydrogens (primary N) is 1. The van der Waals surface area contributed by atoms with Gasteiger partial charge in [0, 0.05) is 5.56 Å². The number of rotatable bonds is 3. The highest BCUT2D eigenvalue weighted by Gasteiger charge is 2.36. The summed E-state index contributed by atoms with van der Waals surface area (Å²) in [5.74, 6) is 0.589. The van der Waals surface area contributed by atoms with Gasteiger partial charge >= 0.3 is 6.18 Å². The molecule has 18 heavy (non-hydrogen) atoms. The molecular weight excluding hydrogens is 247 g/mol. The van der Waals surface area contributed by atoms with E-state index in [2.05, 4.69) is 0 Å². The Labute approximate surface area is 103 Å². The second-order valence-corrected chi connectivity index (χ2v) is 4.01. The molecule has 2 N–H and O–H groups in total. The van der Waals surface area contributed by atoms with Gasteiger partial charge in [-0.1, -0.05) is 0 Å². The Hall–Kier alpha value is -1.43. The third-order valence-corrected chi connectivity index (χ3v) is 2.75. The average Bonchev–Trinajstić information content (AvgIpc) is 2.34. The maximum atomic E-state index is 12.9. The van der Waals surface area contributed by atoms with Gasteiger partial charge in [-0.25, -0.2) is 0 Å². The van der Waals surface area contributed by atoms with Crippen LogP contribution in [0.1, 0.15) is 17.5 Å². The first-order valence-electron chi connectivity index (χ1n) is 5.73. The second kappa shape index (κ2) is 5.06. The van der Waals surface area contributed by atoms with Gasteiger partial charge in [-0.05, 0) is 31.5 Å². The lowest BCUT2D eigenvalue weighted by molar-refractivity contribution is -0.138. The minimum absolute atomic E-state index is 0.144. The van der Waals surface area contributed by atoms with Crippen molar-refractivity contribution in [1.29, 1.82) is 0 Å². The van der Waals surface area contributed by atoms with Crippen molar-refractivity contribution in [1.82, 2.24) is 0 Å². The molecule has 0 spiro atoms. The highest BCUT2D eigenvalue weighted by Crippen LogP contribution is 2.42. The molecule has 0 saturated heterocycles. The average molecular weight is 261 g/mol. The maximum Gasteiger partial charge on any atom is 0.416 e. The lowest BCUT2D eigenvalue weighted by Gasteiger charge is -2.23. The Balaban J connectivity index is 2.46. The van der Waals surface area contributed by atoms with Crippen LogP contribution in [0.25, 0.3) is 0 Å². The van der Waals surface area contributed by atoms with Crippen LogP contribution in [-0.2, 0) is 12.6 Å². The van der Waals surface area contributed by atoms with Crippen molar-refractivity contribution in [2.45, 2.75) is 19.0 Å². The van der Waals surface area contributed by atoms with E-state index < -0.39 is 11.7 Å². The fraction of sp³-hybridized carbons (Fsp3) is 0.500. The molecule has 1 aromatic carbocycles. The molecular formula is C12H14F3NO2. The standard InChI is InChI=1S/C12H14F3NO2/c13-12(14,15)9-3-4-10-11(18-7-6-17-10)8(9)2-1-5-16/h3-4H,1-2,5-7,16H2. The zero-order chi connectivity index (χ0) is 13.2. The van der Waals surface area contributed by atoms with Crippen molar-refractivity contribution in [2.75, 3.05) is 19.8 Å². The normalized spacial score (nSPS) is 14.7. The largest absolute Gasteiger partial charge is 0.486 e. The molecule has 0 fully saturated rings. The summed E-state index contributed by atoms with van der Waals surface area (Å²) in [7, 11) is 0. The summed E-state index contributed by atoms with van der Waals surface area (Å²) in [6, 6.07) is 2.35. The maximum absolute atomic E-state index is 12.9. The van der Waals surface area contributed by atoms with Crippen molar-refractivity contribution in [3.05, 3.63) is 23.3 Å². The number of ether oxygens (including phenoxy) is 2. The van der Waals surface area contributed by atoms with Crippen LogP contribution in [0.5, 0.6) is 11.5 Å². The molecule has 1 aromatic rings. The van der Waals surface area contributed by atoms with Crippen LogP contribution in [0, 0.1) is 0 Å². The van der Waals surface area contributed by atoms with Gasteiger partial charge in [-0.2, -0.15) is 13.2 Å². The molecule has 1 aliphatic heterocycles. The molecule has 100 valence electrons. The van der Waals surface area contributed by atoms with Crippen LogP contribution in [0.2, 0.25) is 0 Å². The van der Waals surface area contributed by atoms with Crippen LogP contribution in [-0.4, -0.2) is 19.8 Å². The summed E-state index contributed by atoms with van der Waals surface area (Å²) in [6.07, 6.45) is -3.68. The number of alkyl halides is 3. The molecule has 0 radical (unpaired) electrons. The molecule has 0 saturated carbocycles. The Kier molecular flexibility index (Phi) is 3.65. The van der Waals surface area contributed by atoms with Crippen molar-refractivity contribution >= 4 is 0 Å². The topological polar surface area (TPSA) is 44.5 Å². The van der Waals surface area contributed by atoms with Crippen LogP contribution in [0.15, 0.2) is 12.1 Å². The molecule has 0 amide bonds. The van der Waals surface area contributed by atoms with Gasteiger partial charge < -0.3 is 15.2 Å². The number of benzene rings is 1. The quantitative estimate of drug-likeness (QED) is 0.908. The molecule has 0 unspecified atom stereocenters. The van der Waals surface area contributed by atoms with E-state index in [9.17, 15) is 13.2 Å². The Bertz CT molecular complexity index is 432. The lowest BCUT2D eigenvalue weighted by atomic mass is 10.00. The van der Waals surface area contributed by atoms with E-state index in [4.69, 9.17) is 15.2 Å². The fourth-order valence-electron chi connectivity index (χ4n) is 1.97. The van der Waals surface area contributed by atoms with Crippen molar-refractivity contribution < 1.29 is 22.6 Å². The van der Waals surface area contributed by atoms with Gasteiger partial charge in [-0.15, -0.1) is 0 Å². The van der Waals surface area contributed by atoms with Crippen LogP contribution >= 0.6 is 0 Å². The number of halogens is 3. The fourth-order valence-corrected chi connectivity index (χ4v) is 1.97. The first kappa shape index (κ1) is 13.0. The zero-order valence-corrected chi connectivity index (χ0v) is 9.72. The van der Waals surface area contributed by atoms with Crippen molar-refractivity contribution in [3.63, 3.8) is 0 Å². The SMILES string of the molecule is NCCCc1c(C(F)(F)F)ccc2c1OCCO2. The van der Waals surface area contributed by atoms with Crippen molar-refractivity contribution in [3.8, 4) is 11.5 Å². The van der Waals surface area contributed by atoms with E-state index in [1.807, 2.05) is 0 Å². The van der Waals surface area contributed by atoms with E-state index in [0.29, 0.717) is 25.3 Å². The predicted octanol–water partition coefficient (Wildman–Crippen LogP) is 2.37. The van der Waals surface area contributed by atoms with Crippen LogP contribution < -0.4 is 15.2 Å². The summed E-state index contributed by atoms with van der Waals surface area (Å²) in [5.41, 5.74) is 4.84. The molecule has 0 aliphatic carbocycles. The smallest absolute Gasteiger partial charge is 0.416 e. The summed E-state index contributed by atoms with van der Waals surface area (Å²) < 4.78 is 49.4. The first-order valence-corrected chi connectivity index (χ1v) is 5.73. The van der Waals surface area contributed by atoms with Gasteiger partial charge in [0.25, 0.3) is 0 Å². The first-order chi connectivity index (χ1) is 8.54. The molecule has 0 atom stereocenters. The van der Waals surface area contributed by atoms with Gasteiger partial charge in [0.1, 0.15) is 13.2 Å². The van der Waals surface area contributed by atoms with E-state index in [1.165, 1.54) is 6.07 Å². The Morgan fingerprint density at radius 2 is 1.89 bits per heavy atom. The third kappa shape index (κ3) is 2.53. The molecule has 6 heteroatoms. The molecule has 3 nitrogen and oxygen atoms in total. The lowest BCUT2D eigenvalue weighted by Crippen LogP contribution is -2.19. The molecule has 2 rings (SSSR count). The minimum Gasteiger partial charge on any atom is -0.486 e. The van der Waals surface area contributed by atoms with Crippen LogP contribution in [0.4, 0.5) is 13.2 Å². The van der Waals surface area contributed by atoms with E-state index in [-0.39, 0.29) is 24.3 Å². The number of hydrogen-bond donors (Lipinski definition) is 1. The molecule has 1 aliphatic rings. The number of hydrogen-bond acceptors (Lipinski definition) is 3. The molecule has 1 heterocycles. The van der Waals surface area contributed by atoms with Gasteiger partial charge in [0.2, 0.25) is 0 Å². The second-order valence-electron chi connectivity index (χ2n) is 4.01. The van der Waals surface area contributed by atoms with Gasteiger partial charge in [0.15, 0.2) is 11.5 Å². The Morgan fingerprint density at radius 1 is 1.17 bits per heavy atom. The number of fused-ring (bicyclic) bond motifs is 1. The minimum atomic E-state index is -4.39. The van der Waals surface area contributed by atoms with Gasteiger partial charge in [-0.3, -0.25) is 0 Å².